The predicted molar refractivity (Wildman–Crippen MR) is 170 cm³/mol. The van der Waals surface area contributed by atoms with Gasteiger partial charge in [-0.2, -0.15) is 0 Å². The minimum Gasteiger partial charge on any atom is -0.493 e. The Hall–Kier alpha value is -4.05. The third-order valence-electron chi connectivity index (χ3n) is 7.22. The molecule has 0 aliphatic carbocycles. The van der Waals surface area contributed by atoms with E-state index in [-0.39, 0.29) is 32.1 Å². The Balaban J connectivity index is 1.63. The molecule has 234 valence electrons. The Kier molecular flexibility index (Phi) is 10.9. The lowest BCUT2D eigenvalue weighted by Gasteiger charge is -2.41. The molecule has 2 atom stereocenters. The molecular formula is C34H39BrN2O7. The SMILES string of the molecule is CCOC(=O)[C@@H](Cc1ccc(OC)c(Oc2ccc(CBr)cc2)c1)N1C(=O)CN(C(=O)OCc2ccccc2)[C@H]1C(C)(C)C. The summed E-state index contributed by atoms with van der Waals surface area (Å²) in [4.78, 5) is 43.4. The maximum atomic E-state index is 13.6. The van der Waals surface area contributed by atoms with E-state index < -0.39 is 29.7 Å². The Labute approximate surface area is 267 Å². The maximum Gasteiger partial charge on any atom is 0.412 e. The quantitative estimate of drug-likeness (QED) is 0.166. The lowest BCUT2D eigenvalue weighted by molar-refractivity contribution is -0.156. The van der Waals surface area contributed by atoms with Crippen LogP contribution in [0.4, 0.5) is 4.79 Å². The number of alkyl halides is 1. The minimum absolute atomic E-state index is 0.0655. The zero-order valence-corrected chi connectivity index (χ0v) is 27.3. The van der Waals surface area contributed by atoms with E-state index in [1.165, 1.54) is 9.80 Å². The van der Waals surface area contributed by atoms with Crippen molar-refractivity contribution >= 4 is 33.9 Å². The summed E-state index contributed by atoms with van der Waals surface area (Å²) < 4.78 is 22.8. The van der Waals surface area contributed by atoms with Gasteiger partial charge in [0.2, 0.25) is 5.91 Å². The molecule has 2 amide bonds. The van der Waals surface area contributed by atoms with E-state index in [9.17, 15) is 14.4 Å². The zero-order valence-electron chi connectivity index (χ0n) is 25.7. The van der Waals surface area contributed by atoms with Gasteiger partial charge in [-0.05, 0) is 47.9 Å². The summed E-state index contributed by atoms with van der Waals surface area (Å²) in [5, 5.41) is 0.730. The molecule has 0 unspecified atom stereocenters. The van der Waals surface area contributed by atoms with Gasteiger partial charge in [-0.1, -0.05) is 85.2 Å². The Morgan fingerprint density at radius 3 is 2.23 bits per heavy atom. The van der Waals surface area contributed by atoms with Gasteiger partial charge in [-0.15, -0.1) is 0 Å². The fourth-order valence-electron chi connectivity index (χ4n) is 5.25. The van der Waals surface area contributed by atoms with Gasteiger partial charge in [0.15, 0.2) is 11.5 Å². The molecule has 0 saturated carbocycles. The van der Waals surface area contributed by atoms with Crippen molar-refractivity contribution < 1.29 is 33.3 Å². The van der Waals surface area contributed by atoms with Crippen LogP contribution >= 0.6 is 15.9 Å². The summed E-state index contributed by atoms with van der Waals surface area (Å²) in [7, 11) is 1.56. The molecule has 3 aromatic rings. The fraction of sp³-hybridized carbons (Fsp3) is 0.382. The third-order valence-corrected chi connectivity index (χ3v) is 7.87. The van der Waals surface area contributed by atoms with Crippen LogP contribution in [-0.4, -0.2) is 60.2 Å². The third kappa shape index (κ3) is 7.91. The topological polar surface area (TPSA) is 94.6 Å². The van der Waals surface area contributed by atoms with Gasteiger partial charge in [0.05, 0.1) is 13.7 Å². The van der Waals surface area contributed by atoms with Crippen LogP contribution < -0.4 is 9.47 Å². The molecule has 0 N–H and O–H groups in total. The van der Waals surface area contributed by atoms with Crippen molar-refractivity contribution in [1.29, 1.82) is 0 Å². The first-order chi connectivity index (χ1) is 21.0. The average Bonchev–Trinajstić information content (AvgIpc) is 3.37. The molecule has 1 saturated heterocycles. The summed E-state index contributed by atoms with van der Waals surface area (Å²) >= 11 is 3.45. The van der Waals surface area contributed by atoms with E-state index in [0.29, 0.717) is 17.2 Å². The average molecular weight is 668 g/mol. The molecule has 1 heterocycles. The van der Waals surface area contributed by atoms with Crippen LogP contribution in [0.1, 0.15) is 44.4 Å². The summed E-state index contributed by atoms with van der Waals surface area (Å²) in [5.41, 5.74) is 2.05. The van der Waals surface area contributed by atoms with Crippen molar-refractivity contribution in [2.45, 2.75) is 58.3 Å². The van der Waals surface area contributed by atoms with Crippen LogP contribution in [0.5, 0.6) is 17.2 Å². The summed E-state index contributed by atoms with van der Waals surface area (Å²) in [6.07, 6.45) is -1.25. The standard InChI is InChI=1S/C34H39BrN2O7/c1-6-42-31(39)27(18-25-14-17-28(41-5)29(19-25)44-26-15-12-23(20-35)13-16-26)37-30(38)21-36(32(37)34(2,3)4)33(40)43-22-24-10-8-7-9-11-24/h7-17,19,27,32H,6,18,20-22H2,1-5H3/t27-,32-/m1/s1. The van der Waals surface area contributed by atoms with Crippen molar-refractivity contribution in [3.8, 4) is 17.2 Å². The van der Waals surface area contributed by atoms with Gasteiger partial charge >= 0.3 is 12.1 Å². The van der Waals surface area contributed by atoms with E-state index in [1.54, 1.807) is 26.2 Å². The van der Waals surface area contributed by atoms with Crippen LogP contribution in [-0.2, 0) is 37.4 Å². The van der Waals surface area contributed by atoms with E-state index in [2.05, 4.69) is 15.9 Å². The Morgan fingerprint density at radius 1 is 0.932 bits per heavy atom. The predicted octanol–water partition coefficient (Wildman–Crippen LogP) is 6.71. The number of halogens is 1. The van der Waals surface area contributed by atoms with Gasteiger partial charge in [0, 0.05) is 17.2 Å². The van der Waals surface area contributed by atoms with Gasteiger partial charge < -0.3 is 23.8 Å². The zero-order chi connectivity index (χ0) is 31.9. The summed E-state index contributed by atoms with van der Waals surface area (Å²) in [6.45, 7) is 7.47. The summed E-state index contributed by atoms with van der Waals surface area (Å²) in [6, 6.07) is 21.4. The van der Waals surface area contributed by atoms with Crippen LogP contribution in [0.2, 0.25) is 0 Å². The van der Waals surface area contributed by atoms with E-state index in [1.807, 2.05) is 81.4 Å². The number of benzene rings is 3. The number of nitrogens with zero attached hydrogens (tertiary/aromatic N) is 2. The molecule has 1 aliphatic rings. The maximum absolute atomic E-state index is 13.6. The molecule has 9 nitrogen and oxygen atoms in total. The molecule has 1 aliphatic heterocycles. The highest BCUT2D eigenvalue weighted by atomic mass is 79.9. The van der Waals surface area contributed by atoms with Crippen molar-refractivity contribution in [2.24, 2.45) is 5.41 Å². The molecule has 0 radical (unpaired) electrons. The van der Waals surface area contributed by atoms with Crippen molar-refractivity contribution in [1.82, 2.24) is 9.80 Å². The highest BCUT2D eigenvalue weighted by molar-refractivity contribution is 9.08. The number of carbonyl (C=O) groups excluding carboxylic acids is 3. The molecule has 0 spiro atoms. The number of amides is 2. The van der Waals surface area contributed by atoms with Crippen LogP contribution in [0.3, 0.4) is 0 Å². The highest BCUT2D eigenvalue weighted by Crippen LogP contribution is 2.37. The first kappa shape index (κ1) is 32.9. The smallest absolute Gasteiger partial charge is 0.412 e. The second-order valence-corrected chi connectivity index (χ2v) is 12.1. The van der Waals surface area contributed by atoms with E-state index >= 15 is 0 Å². The molecular weight excluding hydrogens is 628 g/mol. The van der Waals surface area contributed by atoms with Gasteiger partial charge in [0.1, 0.15) is 31.1 Å². The number of hydrogen-bond acceptors (Lipinski definition) is 7. The van der Waals surface area contributed by atoms with Crippen LogP contribution in [0.15, 0.2) is 72.8 Å². The lowest BCUT2D eigenvalue weighted by Crippen LogP contribution is -2.56. The fourth-order valence-corrected chi connectivity index (χ4v) is 5.63. The second kappa shape index (κ2) is 14.6. The summed E-state index contributed by atoms with van der Waals surface area (Å²) in [5.74, 6) is 0.683. The highest BCUT2D eigenvalue weighted by Gasteiger charge is 2.51. The van der Waals surface area contributed by atoms with Crippen LogP contribution in [0, 0.1) is 5.41 Å². The lowest BCUT2D eigenvalue weighted by atomic mass is 9.89. The number of rotatable bonds is 11. The number of ether oxygens (including phenoxy) is 4. The van der Waals surface area contributed by atoms with Crippen molar-refractivity contribution in [3.63, 3.8) is 0 Å². The van der Waals surface area contributed by atoms with Crippen molar-refractivity contribution in [2.75, 3.05) is 20.3 Å². The Bertz CT molecular complexity index is 1440. The number of esters is 1. The van der Waals surface area contributed by atoms with Gasteiger partial charge in [-0.3, -0.25) is 9.69 Å². The van der Waals surface area contributed by atoms with E-state index in [0.717, 1.165) is 22.0 Å². The minimum atomic E-state index is -1.00. The number of hydrogen-bond donors (Lipinski definition) is 0. The van der Waals surface area contributed by atoms with Crippen molar-refractivity contribution in [3.05, 3.63) is 89.5 Å². The molecule has 1 fully saturated rings. The van der Waals surface area contributed by atoms with Crippen LogP contribution in [0.25, 0.3) is 0 Å². The molecule has 4 rings (SSSR count). The molecule has 3 aromatic carbocycles. The monoisotopic (exact) mass is 666 g/mol. The first-order valence-corrected chi connectivity index (χ1v) is 15.6. The molecule has 44 heavy (non-hydrogen) atoms. The van der Waals surface area contributed by atoms with Gasteiger partial charge in [-0.25, -0.2) is 9.59 Å². The molecule has 10 heteroatoms. The Morgan fingerprint density at radius 2 is 1.61 bits per heavy atom. The largest absolute Gasteiger partial charge is 0.493 e. The van der Waals surface area contributed by atoms with Gasteiger partial charge in [0.25, 0.3) is 0 Å². The van der Waals surface area contributed by atoms with E-state index in [4.69, 9.17) is 18.9 Å². The molecule has 0 aromatic heterocycles. The number of methoxy groups -OCH3 is 1. The normalized spacial score (nSPS) is 15.6. The second-order valence-electron chi connectivity index (χ2n) is 11.5. The molecule has 0 bridgehead atoms. The number of carbonyl (C=O) groups is 3. The first-order valence-electron chi connectivity index (χ1n) is 14.5.